The molecule has 0 aliphatic carbocycles. The van der Waals surface area contributed by atoms with Gasteiger partial charge < -0.3 is 10.1 Å². The van der Waals surface area contributed by atoms with Gasteiger partial charge in [0.05, 0.1) is 11.0 Å². The molecule has 29 heavy (non-hydrogen) atoms. The quantitative estimate of drug-likeness (QED) is 0.752. The van der Waals surface area contributed by atoms with Crippen molar-refractivity contribution < 1.29 is 17.9 Å². The molecule has 1 aliphatic rings. The van der Waals surface area contributed by atoms with Gasteiger partial charge in [0.1, 0.15) is 0 Å². The summed E-state index contributed by atoms with van der Waals surface area (Å²) in [5.74, 6) is -0.238. The minimum atomic E-state index is -3.61. The molecule has 2 aromatic carbocycles. The number of sulfonamides is 1. The standard InChI is InChI=1S/C22H28N2O4S/c1-22(2,3)17-8-6-16(7-9-17)21(25)24-18-10-12-20(13-11-18)29(26,27)23-15-19-5-4-14-28-19/h6-13,19,23H,4-5,14-15H2,1-3H3,(H,24,25)/t19-/m0/s1. The maximum Gasteiger partial charge on any atom is 0.255 e. The van der Waals surface area contributed by atoms with Crippen LogP contribution in [-0.4, -0.2) is 33.6 Å². The Balaban J connectivity index is 1.61. The average Bonchev–Trinajstić information content (AvgIpc) is 3.20. The predicted molar refractivity (Wildman–Crippen MR) is 114 cm³/mol. The van der Waals surface area contributed by atoms with E-state index in [0.717, 1.165) is 18.4 Å². The number of rotatable bonds is 6. The van der Waals surface area contributed by atoms with Gasteiger partial charge in [0.25, 0.3) is 5.91 Å². The molecule has 1 amide bonds. The Morgan fingerprint density at radius 2 is 1.72 bits per heavy atom. The van der Waals surface area contributed by atoms with Crippen LogP contribution in [0.3, 0.4) is 0 Å². The van der Waals surface area contributed by atoms with Crippen molar-refractivity contribution in [3.05, 3.63) is 59.7 Å². The molecule has 0 bridgehead atoms. The van der Waals surface area contributed by atoms with Gasteiger partial charge in [-0.15, -0.1) is 0 Å². The summed E-state index contributed by atoms with van der Waals surface area (Å²) in [5, 5.41) is 2.80. The van der Waals surface area contributed by atoms with Gasteiger partial charge in [-0.2, -0.15) is 0 Å². The first-order valence-corrected chi connectivity index (χ1v) is 11.3. The molecule has 1 aliphatic heterocycles. The summed E-state index contributed by atoms with van der Waals surface area (Å²) < 4.78 is 32.8. The molecule has 2 N–H and O–H groups in total. The van der Waals surface area contributed by atoms with E-state index in [4.69, 9.17) is 4.74 Å². The van der Waals surface area contributed by atoms with Crippen molar-refractivity contribution in [2.24, 2.45) is 0 Å². The number of anilines is 1. The van der Waals surface area contributed by atoms with Gasteiger partial charge >= 0.3 is 0 Å². The van der Waals surface area contributed by atoms with Gasteiger partial charge in [0, 0.05) is 24.4 Å². The minimum Gasteiger partial charge on any atom is -0.377 e. The first kappa shape index (κ1) is 21.5. The third kappa shape index (κ3) is 5.65. The van der Waals surface area contributed by atoms with Gasteiger partial charge in [-0.1, -0.05) is 32.9 Å². The molecule has 1 heterocycles. The van der Waals surface area contributed by atoms with E-state index in [0.29, 0.717) is 17.9 Å². The van der Waals surface area contributed by atoms with Crippen molar-refractivity contribution in [3.8, 4) is 0 Å². The molecule has 0 spiro atoms. The van der Waals surface area contributed by atoms with Crippen molar-refractivity contribution in [2.45, 2.75) is 50.0 Å². The van der Waals surface area contributed by atoms with Crippen LogP contribution in [0.5, 0.6) is 0 Å². The van der Waals surface area contributed by atoms with E-state index in [1.54, 1.807) is 24.3 Å². The molecule has 7 heteroatoms. The first-order valence-electron chi connectivity index (χ1n) is 9.78. The number of hydrogen-bond donors (Lipinski definition) is 2. The maximum absolute atomic E-state index is 12.5. The minimum absolute atomic E-state index is 0.0221. The van der Waals surface area contributed by atoms with Crippen LogP contribution in [0.25, 0.3) is 0 Å². The molecule has 1 fully saturated rings. The van der Waals surface area contributed by atoms with Crippen molar-refractivity contribution in [2.75, 3.05) is 18.5 Å². The van der Waals surface area contributed by atoms with Crippen LogP contribution in [0.15, 0.2) is 53.4 Å². The fourth-order valence-corrected chi connectivity index (χ4v) is 4.20. The Kier molecular flexibility index (Phi) is 6.41. The second-order valence-corrected chi connectivity index (χ2v) is 10.1. The Bertz CT molecular complexity index is 940. The van der Waals surface area contributed by atoms with E-state index in [1.807, 2.05) is 12.1 Å². The highest BCUT2D eigenvalue weighted by Crippen LogP contribution is 2.22. The Morgan fingerprint density at radius 1 is 1.07 bits per heavy atom. The van der Waals surface area contributed by atoms with E-state index in [-0.39, 0.29) is 28.9 Å². The highest BCUT2D eigenvalue weighted by Gasteiger charge is 2.20. The fourth-order valence-electron chi connectivity index (χ4n) is 3.13. The van der Waals surface area contributed by atoms with E-state index in [9.17, 15) is 13.2 Å². The summed E-state index contributed by atoms with van der Waals surface area (Å²) in [5.41, 5.74) is 2.26. The zero-order valence-corrected chi connectivity index (χ0v) is 17.9. The zero-order valence-electron chi connectivity index (χ0n) is 17.1. The number of amides is 1. The van der Waals surface area contributed by atoms with Crippen LogP contribution in [0.4, 0.5) is 5.69 Å². The molecule has 6 nitrogen and oxygen atoms in total. The van der Waals surface area contributed by atoms with E-state index in [2.05, 4.69) is 30.8 Å². The molecular weight excluding hydrogens is 388 g/mol. The summed E-state index contributed by atoms with van der Waals surface area (Å²) >= 11 is 0. The lowest BCUT2D eigenvalue weighted by atomic mass is 9.87. The van der Waals surface area contributed by atoms with Gasteiger partial charge in [0.2, 0.25) is 10.0 Å². The molecule has 3 rings (SSSR count). The molecule has 2 aromatic rings. The van der Waals surface area contributed by atoms with E-state index >= 15 is 0 Å². The van der Waals surface area contributed by atoms with Gasteiger partial charge in [-0.05, 0) is 60.2 Å². The van der Waals surface area contributed by atoms with Crippen molar-refractivity contribution in [3.63, 3.8) is 0 Å². The summed E-state index contributed by atoms with van der Waals surface area (Å²) in [4.78, 5) is 12.6. The van der Waals surface area contributed by atoms with Crippen molar-refractivity contribution in [1.82, 2.24) is 4.72 Å². The average molecular weight is 417 g/mol. The molecule has 0 aromatic heterocycles. The molecule has 0 radical (unpaired) electrons. The SMILES string of the molecule is CC(C)(C)c1ccc(C(=O)Nc2ccc(S(=O)(=O)NC[C@@H]3CCCO3)cc2)cc1. The number of hydrogen-bond acceptors (Lipinski definition) is 4. The summed E-state index contributed by atoms with van der Waals surface area (Å²) in [7, 11) is -3.61. The van der Waals surface area contributed by atoms with Crippen LogP contribution in [0, 0.1) is 0 Å². The lowest BCUT2D eigenvalue weighted by Gasteiger charge is -2.19. The largest absolute Gasteiger partial charge is 0.377 e. The van der Waals surface area contributed by atoms with Gasteiger partial charge in [-0.25, -0.2) is 13.1 Å². The van der Waals surface area contributed by atoms with E-state index in [1.165, 1.54) is 12.1 Å². The number of nitrogens with one attached hydrogen (secondary N) is 2. The maximum atomic E-state index is 12.5. The number of carbonyl (C=O) groups excluding carboxylic acids is 1. The Morgan fingerprint density at radius 3 is 2.28 bits per heavy atom. The number of ether oxygens (including phenoxy) is 1. The normalized spacial score (nSPS) is 17.3. The smallest absolute Gasteiger partial charge is 0.255 e. The summed E-state index contributed by atoms with van der Waals surface area (Å²) in [6.07, 6.45) is 1.76. The van der Waals surface area contributed by atoms with Crippen LogP contribution in [0.1, 0.15) is 49.5 Å². The lowest BCUT2D eigenvalue weighted by molar-refractivity contribution is 0.102. The highest BCUT2D eigenvalue weighted by atomic mass is 32.2. The highest BCUT2D eigenvalue weighted by molar-refractivity contribution is 7.89. The van der Waals surface area contributed by atoms with Crippen LogP contribution >= 0.6 is 0 Å². The second kappa shape index (κ2) is 8.65. The third-order valence-electron chi connectivity index (χ3n) is 4.96. The van der Waals surface area contributed by atoms with Gasteiger partial charge in [-0.3, -0.25) is 4.79 Å². The second-order valence-electron chi connectivity index (χ2n) is 8.29. The predicted octanol–water partition coefficient (Wildman–Crippen LogP) is 3.69. The number of carbonyl (C=O) groups is 1. The Labute approximate surface area is 172 Å². The molecule has 156 valence electrons. The lowest BCUT2D eigenvalue weighted by Crippen LogP contribution is -2.31. The summed E-state index contributed by atoms with van der Waals surface area (Å²) in [6, 6.07) is 13.6. The van der Waals surface area contributed by atoms with Crippen molar-refractivity contribution >= 4 is 21.6 Å². The first-order chi connectivity index (χ1) is 13.6. The molecule has 1 atom stereocenters. The van der Waals surface area contributed by atoms with Crippen LogP contribution in [-0.2, 0) is 20.2 Å². The fraction of sp³-hybridized carbons (Fsp3) is 0.409. The number of benzene rings is 2. The van der Waals surface area contributed by atoms with E-state index < -0.39 is 10.0 Å². The monoisotopic (exact) mass is 416 g/mol. The third-order valence-corrected chi connectivity index (χ3v) is 6.40. The van der Waals surface area contributed by atoms with Gasteiger partial charge in [0.15, 0.2) is 0 Å². The van der Waals surface area contributed by atoms with Crippen molar-refractivity contribution in [1.29, 1.82) is 0 Å². The molecule has 0 unspecified atom stereocenters. The topological polar surface area (TPSA) is 84.5 Å². The van der Waals surface area contributed by atoms with Crippen LogP contribution < -0.4 is 10.0 Å². The zero-order chi connectivity index (χ0) is 21.1. The molecule has 0 saturated carbocycles. The van der Waals surface area contributed by atoms with Crippen LogP contribution in [0.2, 0.25) is 0 Å². The Hall–Kier alpha value is -2.22. The molecular formula is C22H28N2O4S. The molecule has 1 saturated heterocycles. The summed E-state index contributed by atoms with van der Waals surface area (Å²) in [6.45, 7) is 7.30.